The fourth-order valence-electron chi connectivity index (χ4n) is 1.29. The summed E-state index contributed by atoms with van der Waals surface area (Å²) in [5.74, 6) is -0.667. The van der Waals surface area contributed by atoms with Gasteiger partial charge in [-0.2, -0.15) is 13.7 Å². The van der Waals surface area contributed by atoms with Gasteiger partial charge in [0.1, 0.15) is 10.6 Å². The Labute approximate surface area is 114 Å². The molecule has 9 heteroatoms. The summed E-state index contributed by atoms with van der Waals surface area (Å²) in [7, 11) is -4.54. The molecule has 102 valence electrons. The zero-order valence-electron chi connectivity index (χ0n) is 10.1. The van der Waals surface area contributed by atoms with Crippen LogP contribution < -0.4 is 5.32 Å². The van der Waals surface area contributed by atoms with Gasteiger partial charge in [0.05, 0.1) is 0 Å². The second-order valence-corrected chi connectivity index (χ2v) is 5.65. The van der Waals surface area contributed by atoms with Gasteiger partial charge in [-0.3, -0.25) is 9.87 Å². The van der Waals surface area contributed by atoms with Crippen LogP contribution in [0.4, 0.5) is 5.69 Å². The summed E-state index contributed by atoms with van der Waals surface area (Å²) in [5, 5.41) is 20.8. The Morgan fingerprint density at radius 3 is 2.63 bits per heavy atom. The Bertz CT molecular complexity index is 662. The number of aryl methyl sites for hydroxylation is 1. The van der Waals surface area contributed by atoms with Crippen molar-refractivity contribution < 1.29 is 18.1 Å². The van der Waals surface area contributed by atoms with Gasteiger partial charge < -0.3 is 5.11 Å². The first-order chi connectivity index (χ1) is 8.79. The van der Waals surface area contributed by atoms with Crippen molar-refractivity contribution in [2.24, 2.45) is 4.99 Å². The molecular weight excluding hydrogens is 290 g/mol. The van der Waals surface area contributed by atoms with E-state index < -0.39 is 20.8 Å². The largest absolute Gasteiger partial charge is 0.504 e. The van der Waals surface area contributed by atoms with Crippen LogP contribution in [0.3, 0.4) is 0 Å². The standard InChI is InChI=1S/C10H11N3O4S2/c1-6-3-7(13-10(18-2)12-5-11)9(14)8(4-6)19(15,16)17/h3-4,14H,1-2H3,(H,12,13)(H,15,16,17). The number of aliphatic imine (C=N–C) groups is 1. The molecule has 0 aliphatic rings. The highest BCUT2D eigenvalue weighted by Crippen LogP contribution is 2.35. The van der Waals surface area contributed by atoms with E-state index in [1.165, 1.54) is 6.07 Å². The lowest BCUT2D eigenvalue weighted by molar-refractivity contribution is 0.444. The van der Waals surface area contributed by atoms with E-state index in [4.69, 9.17) is 9.81 Å². The minimum Gasteiger partial charge on any atom is -0.504 e. The Kier molecular flexibility index (Phi) is 4.77. The summed E-state index contributed by atoms with van der Waals surface area (Å²) in [6.07, 6.45) is 3.32. The van der Waals surface area contributed by atoms with Gasteiger partial charge in [0.2, 0.25) is 0 Å². The van der Waals surface area contributed by atoms with Crippen molar-refractivity contribution in [3.63, 3.8) is 0 Å². The van der Waals surface area contributed by atoms with Gasteiger partial charge in [0, 0.05) is 0 Å². The second kappa shape index (κ2) is 5.92. The molecule has 0 radical (unpaired) electrons. The van der Waals surface area contributed by atoms with E-state index in [1.807, 2.05) is 0 Å². The predicted octanol–water partition coefficient (Wildman–Crippen LogP) is 1.37. The lowest BCUT2D eigenvalue weighted by atomic mass is 10.2. The van der Waals surface area contributed by atoms with Crippen molar-refractivity contribution in [1.82, 2.24) is 5.32 Å². The number of nitrogens with zero attached hydrogens (tertiary/aromatic N) is 2. The third-order valence-corrected chi connectivity index (χ3v) is 3.50. The van der Waals surface area contributed by atoms with E-state index in [-0.39, 0.29) is 10.9 Å². The van der Waals surface area contributed by atoms with Gasteiger partial charge in [0.25, 0.3) is 10.1 Å². The second-order valence-electron chi connectivity index (χ2n) is 3.46. The molecule has 1 rings (SSSR count). The summed E-state index contributed by atoms with van der Waals surface area (Å²) < 4.78 is 31.2. The highest BCUT2D eigenvalue weighted by Gasteiger charge is 2.19. The Hall–Kier alpha value is -1.76. The van der Waals surface area contributed by atoms with Crippen molar-refractivity contribution in [2.45, 2.75) is 11.8 Å². The molecule has 0 saturated carbocycles. The molecular formula is C10H11N3O4S2. The van der Waals surface area contributed by atoms with Gasteiger partial charge in [-0.25, -0.2) is 4.99 Å². The molecule has 0 bridgehead atoms. The zero-order chi connectivity index (χ0) is 14.6. The Morgan fingerprint density at radius 1 is 1.53 bits per heavy atom. The monoisotopic (exact) mass is 301 g/mol. The molecule has 1 aromatic carbocycles. The topological polar surface area (TPSA) is 123 Å². The minimum atomic E-state index is -4.54. The number of amidine groups is 1. The third-order valence-electron chi connectivity index (χ3n) is 2.06. The fraction of sp³-hybridized carbons (Fsp3) is 0.200. The third kappa shape index (κ3) is 3.85. The lowest BCUT2D eigenvalue weighted by Crippen LogP contribution is -2.12. The molecule has 3 N–H and O–H groups in total. The number of aromatic hydroxyl groups is 1. The maximum absolute atomic E-state index is 11.1. The van der Waals surface area contributed by atoms with Crippen LogP contribution in [0.5, 0.6) is 5.75 Å². The quantitative estimate of drug-likeness (QED) is 0.248. The van der Waals surface area contributed by atoms with Crippen LogP contribution in [0, 0.1) is 18.4 Å². The van der Waals surface area contributed by atoms with Crippen molar-refractivity contribution in [2.75, 3.05) is 6.26 Å². The SMILES string of the molecule is CSC(=Nc1cc(C)cc(S(=O)(=O)O)c1O)NC#N. The average Bonchev–Trinajstić information content (AvgIpc) is 2.31. The Balaban J connectivity index is 3.47. The number of hydrogen-bond acceptors (Lipinski definition) is 6. The van der Waals surface area contributed by atoms with E-state index in [0.717, 1.165) is 17.8 Å². The van der Waals surface area contributed by atoms with Gasteiger partial charge in [-0.15, -0.1) is 0 Å². The van der Waals surface area contributed by atoms with Gasteiger partial charge in [-0.05, 0) is 30.9 Å². The summed E-state index contributed by atoms with van der Waals surface area (Å²) in [5.41, 5.74) is 0.432. The molecule has 0 spiro atoms. The van der Waals surface area contributed by atoms with Crippen molar-refractivity contribution >= 4 is 32.7 Å². The van der Waals surface area contributed by atoms with E-state index in [0.29, 0.717) is 5.56 Å². The molecule has 0 aromatic heterocycles. The van der Waals surface area contributed by atoms with E-state index in [2.05, 4.69) is 10.3 Å². The van der Waals surface area contributed by atoms with Gasteiger partial charge in [-0.1, -0.05) is 11.8 Å². The smallest absolute Gasteiger partial charge is 0.298 e. The zero-order valence-corrected chi connectivity index (χ0v) is 11.7. The number of nitrogens with one attached hydrogen (secondary N) is 1. The molecule has 0 saturated heterocycles. The molecule has 1 aromatic rings. The van der Waals surface area contributed by atoms with Crippen LogP contribution in [0.1, 0.15) is 5.56 Å². The molecule has 0 amide bonds. The number of hydrogen-bond donors (Lipinski definition) is 3. The predicted molar refractivity (Wildman–Crippen MR) is 72.0 cm³/mol. The van der Waals surface area contributed by atoms with Gasteiger partial charge in [0.15, 0.2) is 17.1 Å². The summed E-state index contributed by atoms with van der Waals surface area (Å²) in [6, 6.07) is 2.56. The summed E-state index contributed by atoms with van der Waals surface area (Å²) in [4.78, 5) is 3.30. The summed E-state index contributed by atoms with van der Waals surface area (Å²) in [6.45, 7) is 1.59. The molecule has 0 heterocycles. The van der Waals surface area contributed by atoms with E-state index >= 15 is 0 Å². The Morgan fingerprint density at radius 2 is 2.16 bits per heavy atom. The fourth-order valence-corrected chi connectivity index (χ4v) is 2.31. The van der Waals surface area contributed by atoms with Crippen LogP contribution in [0.25, 0.3) is 0 Å². The number of phenolic OH excluding ortho intramolecular Hbond substituents is 1. The highest BCUT2D eigenvalue weighted by atomic mass is 32.2. The maximum Gasteiger partial charge on any atom is 0.298 e. The van der Waals surface area contributed by atoms with Crippen LogP contribution in [0.15, 0.2) is 22.0 Å². The molecule has 0 aliphatic heterocycles. The number of rotatable bonds is 2. The van der Waals surface area contributed by atoms with Gasteiger partial charge >= 0.3 is 0 Å². The van der Waals surface area contributed by atoms with Crippen molar-refractivity contribution in [3.8, 4) is 11.9 Å². The van der Waals surface area contributed by atoms with Crippen LogP contribution in [0.2, 0.25) is 0 Å². The maximum atomic E-state index is 11.1. The van der Waals surface area contributed by atoms with Crippen molar-refractivity contribution in [1.29, 1.82) is 5.26 Å². The number of benzene rings is 1. The number of nitriles is 1. The normalized spacial score (nSPS) is 12.0. The first-order valence-corrected chi connectivity index (χ1v) is 7.55. The van der Waals surface area contributed by atoms with E-state index in [9.17, 15) is 13.5 Å². The van der Waals surface area contributed by atoms with Crippen LogP contribution in [-0.4, -0.2) is 29.5 Å². The molecule has 19 heavy (non-hydrogen) atoms. The van der Waals surface area contributed by atoms with Crippen molar-refractivity contribution in [3.05, 3.63) is 17.7 Å². The van der Waals surface area contributed by atoms with Crippen LogP contribution in [-0.2, 0) is 10.1 Å². The molecule has 0 unspecified atom stereocenters. The first-order valence-electron chi connectivity index (χ1n) is 4.88. The number of thioether (sulfide) groups is 1. The lowest BCUT2D eigenvalue weighted by Gasteiger charge is -2.07. The van der Waals surface area contributed by atoms with E-state index in [1.54, 1.807) is 19.4 Å². The van der Waals surface area contributed by atoms with Crippen LogP contribution >= 0.6 is 11.8 Å². The summed E-state index contributed by atoms with van der Waals surface area (Å²) >= 11 is 1.11. The average molecular weight is 301 g/mol. The first kappa shape index (κ1) is 15.3. The minimum absolute atomic E-state index is 0.0558. The molecule has 0 atom stereocenters. The highest BCUT2D eigenvalue weighted by molar-refractivity contribution is 8.13. The molecule has 0 aliphatic carbocycles. The molecule has 0 fully saturated rings. The number of phenols is 1. The molecule has 7 nitrogen and oxygen atoms in total.